The van der Waals surface area contributed by atoms with Gasteiger partial charge < -0.3 is 15.4 Å². The second-order valence-electron chi connectivity index (χ2n) is 4.98. The molecule has 114 valence electrons. The lowest BCUT2D eigenvalue weighted by atomic mass is 10.2. The monoisotopic (exact) mass is 300 g/mol. The van der Waals surface area contributed by atoms with Crippen molar-refractivity contribution in [2.24, 2.45) is 5.92 Å². The van der Waals surface area contributed by atoms with Gasteiger partial charge in [0.1, 0.15) is 5.75 Å². The van der Waals surface area contributed by atoms with Crippen molar-refractivity contribution in [3.8, 4) is 5.75 Å². The maximum atomic E-state index is 11.5. The zero-order chi connectivity index (χ0) is 14.1. The van der Waals surface area contributed by atoms with Crippen molar-refractivity contribution in [3.05, 3.63) is 29.8 Å². The number of carbonyl (C=O) groups excluding carboxylic acids is 1. The van der Waals surface area contributed by atoms with E-state index in [1.807, 2.05) is 31.3 Å². The van der Waals surface area contributed by atoms with E-state index in [0.717, 1.165) is 11.3 Å². The Morgan fingerprint density at radius 3 is 2.75 bits per heavy atom. The Hall–Kier alpha value is -1.26. The van der Waals surface area contributed by atoms with Gasteiger partial charge in [0, 0.05) is 19.5 Å². The van der Waals surface area contributed by atoms with Crippen LogP contribution in [-0.4, -0.2) is 26.1 Å². The predicted octanol–water partition coefficient (Wildman–Crippen LogP) is 2.37. The average Bonchev–Trinajstić information content (AvgIpc) is 2.41. The second kappa shape index (κ2) is 10.5. The molecule has 0 unspecified atom stereocenters. The van der Waals surface area contributed by atoms with Crippen molar-refractivity contribution in [1.82, 2.24) is 10.6 Å². The molecule has 0 bridgehead atoms. The van der Waals surface area contributed by atoms with Crippen LogP contribution in [0.5, 0.6) is 5.75 Å². The van der Waals surface area contributed by atoms with E-state index < -0.39 is 0 Å². The van der Waals surface area contributed by atoms with Crippen LogP contribution in [0.1, 0.15) is 25.8 Å². The van der Waals surface area contributed by atoms with E-state index in [4.69, 9.17) is 4.74 Å². The molecule has 0 fully saturated rings. The van der Waals surface area contributed by atoms with Gasteiger partial charge in [-0.1, -0.05) is 26.0 Å². The van der Waals surface area contributed by atoms with E-state index in [1.165, 1.54) is 0 Å². The average molecular weight is 301 g/mol. The Bertz CT molecular complexity index is 397. The molecule has 0 saturated heterocycles. The smallest absolute Gasteiger partial charge is 0.221 e. The molecule has 2 N–H and O–H groups in total. The van der Waals surface area contributed by atoms with E-state index >= 15 is 0 Å². The van der Waals surface area contributed by atoms with Gasteiger partial charge in [0.25, 0.3) is 0 Å². The predicted molar refractivity (Wildman–Crippen MR) is 84.4 cm³/mol. The third-order valence-electron chi connectivity index (χ3n) is 2.57. The number of carbonyl (C=O) groups is 1. The molecule has 0 atom stereocenters. The first-order valence-corrected chi connectivity index (χ1v) is 6.75. The molecule has 0 radical (unpaired) electrons. The first kappa shape index (κ1) is 18.7. The molecule has 0 heterocycles. The largest absolute Gasteiger partial charge is 0.493 e. The lowest BCUT2D eigenvalue weighted by Crippen LogP contribution is -2.26. The summed E-state index contributed by atoms with van der Waals surface area (Å²) in [5.41, 5.74) is 1.05. The standard InChI is InChI=1S/C15H24N2O2.ClH/c1-12(2)11-19-14-6-4-5-13(9-14)10-17-15(18)7-8-16-3;/h4-6,9,12,16H,7-8,10-11H2,1-3H3,(H,17,18);1H. The Morgan fingerprint density at radius 2 is 2.10 bits per heavy atom. The molecule has 0 aromatic heterocycles. The van der Waals surface area contributed by atoms with Crippen molar-refractivity contribution in [2.75, 3.05) is 20.2 Å². The van der Waals surface area contributed by atoms with Crippen molar-refractivity contribution in [2.45, 2.75) is 26.8 Å². The molecule has 4 nitrogen and oxygen atoms in total. The number of rotatable bonds is 8. The molecule has 0 saturated carbocycles. The third kappa shape index (κ3) is 8.02. The molecule has 1 amide bonds. The van der Waals surface area contributed by atoms with Crippen LogP contribution in [0.3, 0.4) is 0 Å². The van der Waals surface area contributed by atoms with Crippen LogP contribution in [0.15, 0.2) is 24.3 Å². The number of hydrogen-bond donors (Lipinski definition) is 2. The minimum absolute atomic E-state index is 0. The molecule has 20 heavy (non-hydrogen) atoms. The van der Waals surface area contributed by atoms with Gasteiger partial charge in [0.15, 0.2) is 0 Å². The van der Waals surface area contributed by atoms with Gasteiger partial charge in [0.2, 0.25) is 5.91 Å². The van der Waals surface area contributed by atoms with Crippen molar-refractivity contribution >= 4 is 18.3 Å². The van der Waals surface area contributed by atoms with E-state index in [1.54, 1.807) is 0 Å². The molecule has 1 rings (SSSR count). The van der Waals surface area contributed by atoms with Gasteiger partial charge in [0.05, 0.1) is 6.61 Å². The maximum absolute atomic E-state index is 11.5. The summed E-state index contributed by atoms with van der Waals surface area (Å²) >= 11 is 0. The first-order chi connectivity index (χ1) is 9.11. The first-order valence-electron chi connectivity index (χ1n) is 6.75. The summed E-state index contributed by atoms with van der Waals surface area (Å²) in [6.45, 7) is 6.18. The van der Waals surface area contributed by atoms with Crippen LogP contribution >= 0.6 is 12.4 Å². The number of benzene rings is 1. The van der Waals surface area contributed by atoms with E-state index in [2.05, 4.69) is 24.5 Å². The fourth-order valence-corrected chi connectivity index (χ4v) is 1.54. The van der Waals surface area contributed by atoms with Crippen molar-refractivity contribution < 1.29 is 9.53 Å². The summed E-state index contributed by atoms with van der Waals surface area (Å²) in [5, 5.41) is 5.84. The highest BCUT2D eigenvalue weighted by atomic mass is 35.5. The molecule has 1 aromatic rings. The fourth-order valence-electron chi connectivity index (χ4n) is 1.54. The Kier molecular flexibility index (Phi) is 9.86. The molecular weight excluding hydrogens is 276 g/mol. The van der Waals surface area contributed by atoms with Crippen LogP contribution in [0, 0.1) is 5.92 Å². The summed E-state index contributed by atoms with van der Waals surface area (Å²) in [6, 6.07) is 7.85. The Morgan fingerprint density at radius 1 is 1.35 bits per heavy atom. The Balaban J connectivity index is 0.00000361. The summed E-state index contributed by atoms with van der Waals surface area (Å²) in [6.07, 6.45) is 0.500. The number of amides is 1. The van der Waals surface area contributed by atoms with Gasteiger partial charge in [-0.25, -0.2) is 0 Å². The van der Waals surface area contributed by atoms with Crippen molar-refractivity contribution in [3.63, 3.8) is 0 Å². The normalized spacial score (nSPS) is 10.0. The van der Waals surface area contributed by atoms with Crippen LogP contribution in [0.25, 0.3) is 0 Å². The minimum Gasteiger partial charge on any atom is -0.493 e. The number of hydrogen-bond acceptors (Lipinski definition) is 3. The van der Waals surface area contributed by atoms with E-state index in [9.17, 15) is 4.79 Å². The topological polar surface area (TPSA) is 50.4 Å². The van der Waals surface area contributed by atoms with Crippen molar-refractivity contribution in [1.29, 1.82) is 0 Å². The highest BCUT2D eigenvalue weighted by Gasteiger charge is 2.02. The Labute approximate surface area is 127 Å². The third-order valence-corrected chi connectivity index (χ3v) is 2.57. The lowest BCUT2D eigenvalue weighted by molar-refractivity contribution is -0.121. The van der Waals surface area contributed by atoms with Crippen LogP contribution in [0.4, 0.5) is 0 Å². The van der Waals surface area contributed by atoms with Gasteiger partial charge >= 0.3 is 0 Å². The number of ether oxygens (including phenoxy) is 1. The van der Waals surface area contributed by atoms with Gasteiger partial charge in [-0.15, -0.1) is 12.4 Å². The maximum Gasteiger partial charge on any atom is 0.221 e. The molecular formula is C15H25ClN2O2. The fraction of sp³-hybridized carbons (Fsp3) is 0.533. The van der Waals surface area contributed by atoms with Crippen LogP contribution in [0.2, 0.25) is 0 Å². The molecule has 0 aliphatic carbocycles. The molecule has 0 aliphatic rings. The molecule has 5 heteroatoms. The zero-order valence-corrected chi connectivity index (χ0v) is 13.3. The second-order valence-corrected chi connectivity index (χ2v) is 4.98. The molecule has 0 spiro atoms. The zero-order valence-electron chi connectivity index (χ0n) is 12.4. The van der Waals surface area contributed by atoms with E-state index in [0.29, 0.717) is 32.0 Å². The van der Waals surface area contributed by atoms with Crippen LogP contribution in [-0.2, 0) is 11.3 Å². The molecule has 1 aromatic carbocycles. The number of halogens is 1. The SMILES string of the molecule is CNCCC(=O)NCc1cccc(OCC(C)C)c1.Cl. The number of nitrogens with one attached hydrogen (secondary N) is 2. The van der Waals surface area contributed by atoms with Crippen LogP contribution < -0.4 is 15.4 Å². The van der Waals surface area contributed by atoms with Gasteiger partial charge in [-0.05, 0) is 30.7 Å². The van der Waals surface area contributed by atoms with Gasteiger partial charge in [-0.3, -0.25) is 4.79 Å². The van der Waals surface area contributed by atoms with Gasteiger partial charge in [-0.2, -0.15) is 0 Å². The minimum atomic E-state index is 0. The highest BCUT2D eigenvalue weighted by Crippen LogP contribution is 2.14. The summed E-state index contributed by atoms with van der Waals surface area (Å²) in [5.74, 6) is 1.42. The highest BCUT2D eigenvalue weighted by molar-refractivity contribution is 5.85. The lowest BCUT2D eigenvalue weighted by Gasteiger charge is -2.10. The summed E-state index contributed by atoms with van der Waals surface area (Å²) in [7, 11) is 1.84. The quantitative estimate of drug-likeness (QED) is 0.775. The summed E-state index contributed by atoms with van der Waals surface area (Å²) in [4.78, 5) is 11.5. The summed E-state index contributed by atoms with van der Waals surface area (Å²) < 4.78 is 5.66. The van der Waals surface area contributed by atoms with E-state index in [-0.39, 0.29) is 18.3 Å². The molecule has 0 aliphatic heterocycles.